The Bertz CT molecular complexity index is 1360. The summed E-state index contributed by atoms with van der Waals surface area (Å²) in [6.45, 7) is 11.8. The van der Waals surface area contributed by atoms with Crippen molar-refractivity contribution in [3.63, 3.8) is 0 Å². The molecule has 0 saturated carbocycles. The predicted octanol–water partition coefficient (Wildman–Crippen LogP) is 4.20. The van der Waals surface area contributed by atoms with Gasteiger partial charge in [-0.1, -0.05) is 54.1 Å². The van der Waals surface area contributed by atoms with Gasteiger partial charge in [0.15, 0.2) is 11.4 Å². The molecule has 1 fully saturated rings. The third kappa shape index (κ3) is 3.66. The Hall–Kier alpha value is -3.89. The van der Waals surface area contributed by atoms with Crippen LogP contribution in [0.1, 0.15) is 12.0 Å². The summed E-state index contributed by atoms with van der Waals surface area (Å²) in [7, 11) is 0. The standard InChI is InChI=1S/C25H23N5O2/c1-16-3-5-19(6-4-16)23-21(18-7-9-20(26-2)10-8-18)13-22(24-28-29-25(31)30(23)24)32-15-17-11-12-27-14-17/h3-10,13,17,27H,11-12,14-15H2,1H3,(H,29,31)/t17-/m1/s1. The van der Waals surface area contributed by atoms with Crippen molar-refractivity contribution < 1.29 is 4.74 Å². The van der Waals surface area contributed by atoms with Crippen molar-refractivity contribution in [2.45, 2.75) is 13.3 Å². The molecule has 2 aromatic carbocycles. The minimum absolute atomic E-state index is 0.317. The lowest BCUT2D eigenvalue weighted by Crippen LogP contribution is -2.17. The van der Waals surface area contributed by atoms with Crippen LogP contribution in [0.2, 0.25) is 0 Å². The number of hydrogen-bond acceptors (Lipinski definition) is 4. The Kier molecular flexibility index (Phi) is 5.21. The maximum absolute atomic E-state index is 12.9. The molecule has 32 heavy (non-hydrogen) atoms. The van der Waals surface area contributed by atoms with Crippen LogP contribution < -0.4 is 15.7 Å². The second-order valence-corrected chi connectivity index (χ2v) is 8.15. The summed E-state index contributed by atoms with van der Waals surface area (Å²) >= 11 is 0. The summed E-state index contributed by atoms with van der Waals surface area (Å²) in [6, 6.07) is 17.4. The minimum atomic E-state index is -0.317. The zero-order valence-corrected chi connectivity index (χ0v) is 17.8. The first-order chi connectivity index (χ1) is 15.6. The lowest BCUT2D eigenvalue weighted by Gasteiger charge is -2.17. The number of aryl methyl sites for hydroxylation is 1. The van der Waals surface area contributed by atoms with E-state index in [0.717, 1.165) is 47.5 Å². The van der Waals surface area contributed by atoms with E-state index in [-0.39, 0.29) is 5.69 Å². The Morgan fingerprint density at radius 2 is 1.91 bits per heavy atom. The molecule has 0 aliphatic carbocycles. The molecule has 0 amide bonds. The maximum Gasteiger partial charge on any atom is 0.348 e. The SMILES string of the molecule is [C-]#[N+]c1ccc(-c2cc(OC[C@@H]3CCNC3)c3n[nH]c(=O)n3c2-c2ccc(C)cc2)cc1. The van der Waals surface area contributed by atoms with E-state index in [1.54, 1.807) is 16.5 Å². The second-order valence-electron chi connectivity index (χ2n) is 8.15. The van der Waals surface area contributed by atoms with E-state index in [9.17, 15) is 4.79 Å². The highest BCUT2D eigenvalue weighted by atomic mass is 16.5. The average Bonchev–Trinajstić information content (AvgIpc) is 3.48. The largest absolute Gasteiger partial charge is 0.489 e. The minimum Gasteiger partial charge on any atom is -0.489 e. The molecule has 160 valence electrons. The summed E-state index contributed by atoms with van der Waals surface area (Å²) in [5.41, 5.74) is 5.25. The average molecular weight is 425 g/mol. The number of ether oxygens (including phenoxy) is 1. The van der Waals surface area contributed by atoms with Crippen LogP contribution in [0.15, 0.2) is 59.4 Å². The number of nitrogens with one attached hydrogen (secondary N) is 2. The number of aromatic nitrogens is 3. The summed E-state index contributed by atoms with van der Waals surface area (Å²) in [5.74, 6) is 0.995. The fraction of sp³-hybridized carbons (Fsp3) is 0.240. The van der Waals surface area contributed by atoms with Gasteiger partial charge in [0, 0.05) is 18.0 Å². The number of hydrogen-bond donors (Lipinski definition) is 2. The number of aromatic amines is 1. The maximum atomic E-state index is 12.9. The van der Waals surface area contributed by atoms with Gasteiger partial charge in [0.1, 0.15) is 0 Å². The smallest absolute Gasteiger partial charge is 0.348 e. The van der Waals surface area contributed by atoms with Crippen LogP contribution >= 0.6 is 0 Å². The quantitative estimate of drug-likeness (QED) is 0.470. The Morgan fingerprint density at radius 1 is 1.16 bits per heavy atom. The van der Waals surface area contributed by atoms with Crippen LogP contribution in [-0.4, -0.2) is 34.3 Å². The van der Waals surface area contributed by atoms with Crippen molar-refractivity contribution in [3.05, 3.63) is 82.1 Å². The van der Waals surface area contributed by atoms with Gasteiger partial charge in [-0.2, -0.15) is 0 Å². The summed E-state index contributed by atoms with van der Waals surface area (Å²) in [4.78, 5) is 16.4. The van der Waals surface area contributed by atoms with Crippen molar-refractivity contribution in [2.75, 3.05) is 19.7 Å². The summed E-state index contributed by atoms with van der Waals surface area (Å²) in [6.07, 6.45) is 1.07. The zero-order chi connectivity index (χ0) is 22.1. The molecule has 2 N–H and O–H groups in total. The van der Waals surface area contributed by atoms with Crippen LogP contribution in [0.4, 0.5) is 5.69 Å². The molecule has 1 aliphatic heterocycles. The molecule has 0 radical (unpaired) electrons. The third-order valence-electron chi connectivity index (χ3n) is 5.92. The number of rotatable bonds is 5. The van der Waals surface area contributed by atoms with Gasteiger partial charge in [-0.3, -0.25) is 0 Å². The second kappa shape index (κ2) is 8.33. The van der Waals surface area contributed by atoms with E-state index >= 15 is 0 Å². The van der Waals surface area contributed by atoms with E-state index in [1.165, 1.54) is 0 Å². The molecule has 0 bridgehead atoms. The Morgan fingerprint density at radius 3 is 2.59 bits per heavy atom. The van der Waals surface area contributed by atoms with Crippen LogP contribution in [0.3, 0.4) is 0 Å². The van der Waals surface area contributed by atoms with E-state index in [4.69, 9.17) is 11.3 Å². The first kappa shape index (κ1) is 20.0. The van der Waals surface area contributed by atoms with Crippen molar-refractivity contribution >= 4 is 11.3 Å². The van der Waals surface area contributed by atoms with Crippen LogP contribution in [0.25, 0.3) is 32.9 Å². The molecule has 1 saturated heterocycles. The molecule has 4 aromatic rings. The number of H-pyrrole nitrogens is 1. The van der Waals surface area contributed by atoms with Crippen molar-refractivity contribution in [1.82, 2.24) is 19.9 Å². The molecule has 3 heterocycles. The predicted molar refractivity (Wildman–Crippen MR) is 124 cm³/mol. The van der Waals surface area contributed by atoms with Gasteiger partial charge < -0.3 is 10.1 Å². The van der Waals surface area contributed by atoms with E-state index in [1.807, 2.05) is 49.4 Å². The Labute approximate surface area is 185 Å². The molecule has 7 nitrogen and oxygen atoms in total. The number of benzene rings is 2. The number of pyridine rings is 1. The molecule has 0 spiro atoms. The van der Waals surface area contributed by atoms with Crippen LogP contribution in [0, 0.1) is 19.4 Å². The first-order valence-corrected chi connectivity index (χ1v) is 10.7. The van der Waals surface area contributed by atoms with Gasteiger partial charge in [0.05, 0.1) is 18.9 Å². The van der Waals surface area contributed by atoms with Gasteiger partial charge in [-0.15, -0.1) is 5.10 Å². The van der Waals surface area contributed by atoms with Crippen LogP contribution in [0.5, 0.6) is 5.75 Å². The van der Waals surface area contributed by atoms with Crippen molar-refractivity contribution in [2.24, 2.45) is 5.92 Å². The Balaban J connectivity index is 1.72. The summed E-state index contributed by atoms with van der Waals surface area (Å²) in [5, 5.41) is 10.2. The first-order valence-electron chi connectivity index (χ1n) is 10.7. The van der Waals surface area contributed by atoms with Crippen molar-refractivity contribution in [1.29, 1.82) is 0 Å². The van der Waals surface area contributed by atoms with Gasteiger partial charge in [-0.25, -0.2) is 19.1 Å². The van der Waals surface area contributed by atoms with Crippen LogP contribution in [-0.2, 0) is 0 Å². The fourth-order valence-corrected chi connectivity index (χ4v) is 4.16. The third-order valence-corrected chi connectivity index (χ3v) is 5.92. The van der Waals surface area contributed by atoms with Gasteiger partial charge in [0.2, 0.25) is 5.65 Å². The fourth-order valence-electron chi connectivity index (χ4n) is 4.16. The van der Waals surface area contributed by atoms with Gasteiger partial charge in [-0.05, 0) is 37.1 Å². The van der Waals surface area contributed by atoms with Gasteiger partial charge >= 0.3 is 5.69 Å². The highest BCUT2D eigenvalue weighted by Crippen LogP contribution is 2.37. The van der Waals surface area contributed by atoms with Crippen molar-refractivity contribution in [3.8, 4) is 28.1 Å². The molecule has 2 aromatic heterocycles. The monoisotopic (exact) mass is 425 g/mol. The van der Waals surface area contributed by atoms with E-state index in [0.29, 0.717) is 29.6 Å². The molecular weight excluding hydrogens is 402 g/mol. The molecule has 1 atom stereocenters. The number of nitrogens with zero attached hydrogens (tertiary/aromatic N) is 3. The molecule has 7 heteroatoms. The highest BCUT2D eigenvalue weighted by molar-refractivity contribution is 5.85. The molecule has 0 unspecified atom stereocenters. The molecule has 5 rings (SSSR count). The van der Waals surface area contributed by atoms with E-state index in [2.05, 4.69) is 20.4 Å². The number of fused-ring (bicyclic) bond motifs is 1. The highest BCUT2D eigenvalue weighted by Gasteiger charge is 2.21. The van der Waals surface area contributed by atoms with E-state index < -0.39 is 0 Å². The topological polar surface area (TPSA) is 75.8 Å². The molecule has 1 aliphatic rings. The lowest BCUT2D eigenvalue weighted by molar-refractivity contribution is 0.261. The zero-order valence-electron chi connectivity index (χ0n) is 17.8. The molecular formula is C25H23N5O2. The van der Waals surface area contributed by atoms with Gasteiger partial charge in [0.25, 0.3) is 0 Å². The summed E-state index contributed by atoms with van der Waals surface area (Å²) < 4.78 is 7.79. The normalized spacial score (nSPS) is 15.7. The lowest BCUT2D eigenvalue weighted by atomic mass is 9.98.